The molecule has 1 unspecified atom stereocenters. The molecule has 19 heavy (non-hydrogen) atoms. The number of para-hydroxylation sites is 1. The molecule has 2 aromatic rings. The van der Waals surface area contributed by atoms with Crippen molar-refractivity contribution in [2.24, 2.45) is 0 Å². The van der Waals surface area contributed by atoms with E-state index in [9.17, 15) is 5.11 Å². The normalized spacial score (nSPS) is 13.1. The van der Waals surface area contributed by atoms with Crippen LogP contribution in [-0.2, 0) is 5.41 Å². The smallest absolute Gasteiger partial charge is 0.124 e. The zero-order chi connectivity index (χ0) is 13.9. The van der Waals surface area contributed by atoms with E-state index in [1.54, 1.807) is 7.11 Å². The van der Waals surface area contributed by atoms with Crippen molar-refractivity contribution in [3.05, 3.63) is 65.7 Å². The molecule has 2 aromatic carbocycles. The third-order valence-corrected chi connectivity index (χ3v) is 3.63. The predicted molar refractivity (Wildman–Crippen MR) is 77.4 cm³/mol. The number of benzene rings is 2. The SMILES string of the molecule is COc1ccccc1C(O)C(C)(C)c1ccccc1. The molecule has 1 atom stereocenters. The van der Waals surface area contributed by atoms with Crippen LogP contribution in [0.15, 0.2) is 54.6 Å². The summed E-state index contributed by atoms with van der Waals surface area (Å²) in [5.74, 6) is 0.721. The number of aliphatic hydroxyl groups excluding tert-OH is 1. The molecule has 1 N–H and O–H groups in total. The Bertz CT molecular complexity index is 532. The highest BCUT2D eigenvalue weighted by Gasteiger charge is 2.32. The molecule has 0 heterocycles. The molecular formula is C17H20O2. The lowest BCUT2D eigenvalue weighted by Gasteiger charge is -2.32. The quantitative estimate of drug-likeness (QED) is 0.903. The van der Waals surface area contributed by atoms with Gasteiger partial charge in [0.15, 0.2) is 0 Å². The maximum absolute atomic E-state index is 10.7. The lowest BCUT2D eigenvalue weighted by Crippen LogP contribution is -2.27. The van der Waals surface area contributed by atoms with E-state index in [0.717, 1.165) is 16.9 Å². The molecule has 2 heteroatoms. The second-order valence-corrected chi connectivity index (χ2v) is 5.23. The van der Waals surface area contributed by atoms with Crippen molar-refractivity contribution in [1.82, 2.24) is 0 Å². The van der Waals surface area contributed by atoms with E-state index in [1.165, 1.54) is 0 Å². The van der Waals surface area contributed by atoms with Crippen LogP contribution in [0.2, 0.25) is 0 Å². The summed E-state index contributed by atoms with van der Waals surface area (Å²) in [4.78, 5) is 0. The van der Waals surface area contributed by atoms with Crippen molar-refractivity contribution < 1.29 is 9.84 Å². The number of hydrogen-bond acceptors (Lipinski definition) is 2. The van der Waals surface area contributed by atoms with Gasteiger partial charge in [0.05, 0.1) is 13.2 Å². The van der Waals surface area contributed by atoms with Gasteiger partial charge in [-0.3, -0.25) is 0 Å². The Kier molecular flexibility index (Phi) is 3.91. The van der Waals surface area contributed by atoms with Gasteiger partial charge in [-0.1, -0.05) is 62.4 Å². The van der Waals surface area contributed by atoms with Crippen LogP contribution < -0.4 is 4.74 Å². The van der Waals surface area contributed by atoms with E-state index in [-0.39, 0.29) is 5.41 Å². The zero-order valence-corrected chi connectivity index (χ0v) is 11.6. The number of methoxy groups -OCH3 is 1. The molecule has 0 saturated heterocycles. The molecule has 100 valence electrons. The van der Waals surface area contributed by atoms with E-state index >= 15 is 0 Å². The van der Waals surface area contributed by atoms with Gasteiger partial charge in [-0.05, 0) is 11.6 Å². The summed E-state index contributed by atoms with van der Waals surface area (Å²) < 4.78 is 5.34. The number of rotatable bonds is 4. The minimum atomic E-state index is -0.619. The van der Waals surface area contributed by atoms with Crippen molar-refractivity contribution in [3.8, 4) is 5.75 Å². The Balaban J connectivity index is 2.40. The van der Waals surface area contributed by atoms with Crippen molar-refractivity contribution in [2.75, 3.05) is 7.11 Å². The highest BCUT2D eigenvalue weighted by Crippen LogP contribution is 2.39. The Morgan fingerprint density at radius 1 is 0.947 bits per heavy atom. The Hall–Kier alpha value is -1.80. The highest BCUT2D eigenvalue weighted by molar-refractivity contribution is 5.39. The van der Waals surface area contributed by atoms with E-state index in [2.05, 4.69) is 0 Å². The van der Waals surface area contributed by atoms with E-state index < -0.39 is 6.10 Å². The summed E-state index contributed by atoms with van der Waals surface area (Å²) in [5, 5.41) is 10.7. The van der Waals surface area contributed by atoms with Crippen molar-refractivity contribution in [3.63, 3.8) is 0 Å². The zero-order valence-electron chi connectivity index (χ0n) is 11.6. The third kappa shape index (κ3) is 2.64. The number of hydrogen-bond donors (Lipinski definition) is 1. The molecular weight excluding hydrogens is 236 g/mol. The van der Waals surface area contributed by atoms with E-state index in [4.69, 9.17) is 4.74 Å². The summed E-state index contributed by atoms with van der Waals surface area (Å²) in [6, 6.07) is 17.7. The maximum Gasteiger partial charge on any atom is 0.124 e. The standard InChI is InChI=1S/C17H20O2/c1-17(2,13-9-5-4-6-10-13)16(18)14-11-7-8-12-15(14)19-3/h4-12,16,18H,1-3H3. The molecule has 2 rings (SSSR count). The van der Waals surface area contributed by atoms with Gasteiger partial charge in [0.25, 0.3) is 0 Å². The van der Waals surface area contributed by atoms with Crippen LogP contribution in [0.3, 0.4) is 0 Å². The van der Waals surface area contributed by atoms with Crippen molar-refractivity contribution >= 4 is 0 Å². The molecule has 0 spiro atoms. The molecule has 0 aromatic heterocycles. The largest absolute Gasteiger partial charge is 0.496 e. The van der Waals surface area contributed by atoms with E-state index in [0.29, 0.717) is 0 Å². The van der Waals surface area contributed by atoms with Crippen LogP contribution in [0.25, 0.3) is 0 Å². The van der Waals surface area contributed by atoms with Gasteiger partial charge >= 0.3 is 0 Å². The van der Waals surface area contributed by atoms with Crippen molar-refractivity contribution in [1.29, 1.82) is 0 Å². The first kappa shape index (κ1) is 13.6. The Morgan fingerprint density at radius 2 is 1.53 bits per heavy atom. The topological polar surface area (TPSA) is 29.5 Å². The monoisotopic (exact) mass is 256 g/mol. The third-order valence-electron chi connectivity index (χ3n) is 3.63. The molecule has 0 aliphatic carbocycles. The summed E-state index contributed by atoms with van der Waals surface area (Å²) in [7, 11) is 1.63. The van der Waals surface area contributed by atoms with Crippen LogP contribution in [0.4, 0.5) is 0 Å². The fraction of sp³-hybridized carbons (Fsp3) is 0.294. The predicted octanol–water partition coefficient (Wildman–Crippen LogP) is 3.71. The maximum atomic E-state index is 10.7. The Morgan fingerprint density at radius 3 is 2.16 bits per heavy atom. The molecule has 0 aliphatic rings. The summed E-state index contributed by atoms with van der Waals surface area (Å²) in [6.07, 6.45) is -0.619. The second kappa shape index (κ2) is 5.45. The summed E-state index contributed by atoms with van der Waals surface area (Å²) in [6.45, 7) is 4.08. The lowest BCUT2D eigenvalue weighted by atomic mass is 9.76. The first-order chi connectivity index (χ1) is 9.07. The average Bonchev–Trinajstić information content (AvgIpc) is 2.47. The van der Waals surface area contributed by atoms with Crippen LogP contribution in [0, 0.1) is 0 Å². The van der Waals surface area contributed by atoms with Crippen LogP contribution in [0.1, 0.15) is 31.1 Å². The minimum absolute atomic E-state index is 0.379. The number of ether oxygens (including phenoxy) is 1. The summed E-state index contributed by atoms with van der Waals surface area (Å²) >= 11 is 0. The lowest BCUT2D eigenvalue weighted by molar-refractivity contribution is 0.0974. The Labute approximate surface area is 114 Å². The van der Waals surface area contributed by atoms with Crippen molar-refractivity contribution in [2.45, 2.75) is 25.4 Å². The molecule has 2 nitrogen and oxygen atoms in total. The molecule has 0 aliphatic heterocycles. The van der Waals surface area contributed by atoms with Gasteiger partial charge < -0.3 is 9.84 Å². The van der Waals surface area contributed by atoms with Crippen LogP contribution in [0.5, 0.6) is 5.75 Å². The highest BCUT2D eigenvalue weighted by atomic mass is 16.5. The van der Waals surface area contributed by atoms with Crippen LogP contribution >= 0.6 is 0 Å². The first-order valence-corrected chi connectivity index (χ1v) is 6.44. The average molecular weight is 256 g/mol. The second-order valence-electron chi connectivity index (χ2n) is 5.23. The fourth-order valence-electron chi connectivity index (χ4n) is 2.31. The van der Waals surface area contributed by atoms with E-state index in [1.807, 2.05) is 68.4 Å². The van der Waals surface area contributed by atoms with Gasteiger partial charge in [0.1, 0.15) is 5.75 Å². The molecule has 0 saturated carbocycles. The van der Waals surface area contributed by atoms with Gasteiger partial charge in [-0.15, -0.1) is 0 Å². The van der Waals surface area contributed by atoms with Gasteiger partial charge in [-0.2, -0.15) is 0 Å². The van der Waals surface area contributed by atoms with Gasteiger partial charge in [-0.25, -0.2) is 0 Å². The minimum Gasteiger partial charge on any atom is -0.496 e. The molecule has 0 amide bonds. The first-order valence-electron chi connectivity index (χ1n) is 6.44. The van der Waals surface area contributed by atoms with Gasteiger partial charge in [0.2, 0.25) is 0 Å². The molecule has 0 radical (unpaired) electrons. The van der Waals surface area contributed by atoms with Crippen LogP contribution in [-0.4, -0.2) is 12.2 Å². The summed E-state index contributed by atoms with van der Waals surface area (Å²) in [5.41, 5.74) is 1.54. The number of aliphatic hydroxyl groups is 1. The molecule has 0 fully saturated rings. The molecule has 0 bridgehead atoms. The fourth-order valence-corrected chi connectivity index (χ4v) is 2.31. The van der Waals surface area contributed by atoms with Gasteiger partial charge in [0, 0.05) is 11.0 Å².